The molecule has 1 amide bonds. The van der Waals surface area contributed by atoms with E-state index in [1.807, 2.05) is 50.2 Å². The van der Waals surface area contributed by atoms with Gasteiger partial charge in [-0.15, -0.1) is 11.8 Å². The Morgan fingerprint density at radius 3 is 2.56 bits per heavy atom. The van der Waals surface area contributed by atoms with Gasteiger partial charge in [-0.25, -0.2) is 4.98 Å². The minimum Gasteiger partial charge on any atom is -0.497 e. The summed E-state index contributed by atoms with van der Waals surface area (Å²) in [4.78, 5) is 33.3. The van der Waals surface area contributed by atoms with Crippen molar-refractivity contribution in [2.45, 2.75) is 24.5 Å². The number of nitrogens with one attached hydrogen (secondary N) is 2. The van der Waals surface area contributed by atoms with Gasteiger partial charge in [0.15, 0.2) is 0 Å². The molecule has 0 unspecified atom stereocenters. The molecule has 7 heteroatoms. The van der Waals surface area contributed by atoms with Crippen molar-refractivity contribution in [1.82, 2.24) is 9.97 Å². The highest BCUT2D eigenvalue weighted by atomic mass is 32.2. The van der Waals surface area contributed by atoms with Gasteiger partial charge < -0.3 is 15.0 Å². The van der Waals surface area contributed by atoms with Gasteiger partial charge in [-0.1, -0.05) is 6.07 Å². The van der Waals surface area contributed by atoms with E-state index in [4.69, 9.17) is 4.74 Å². The average molecular weight is 446 g/mol. The first-order valence-corrected chi connectivity index (χ1v) is 11.1. The number of aromatic nitrogens is 2. The predicted octanol–water partition coefficient (Wildman–Crippen LogP) is 5.09. The summed E-state index contributed by atoms with van der Waals surface area (Å²) in [7, 11) is 1.57. The fourth-order valence-electron chi connectivity index (χ4n) is 3.24. The van der Waals surface area contributed by atoms with E-state index in [1.54, 1.807) is 31.4 Å². The predicted molar refractivity (Wildman–Crippen MR) is 129 cm³/mol. The largest absolute Gasteiger partial charge is 0.497 e. The van der Waals surface area contributed by atoms with E-state index in [0.29, 0.717) is 28.4 Å². The smallest absolute Gasteiger partial charge is 0.271 e. The number of H-pyrrole nitrogens is 1. The zero-order valence-electron chi connectivity index (χ0n) is 18.1. The van der Waals surface area contributed by atoms with Gasteiger partial charge in [0, 0.05) is 21.9 Å². The molecule has 0 radical (unpaired) electrons. The molecule has 32 heavy (non-hydrogen) atoms. The van der Waals surface area contributed by atoms with Gasteiger partial charge in [0.05, 0.1) is 18.1 Å². The lowest BCUT2D eigenvalue weighted by atomic mass is 10.1. The molecule has 162 valence electrons. The summed E-state index contributed by atoms with van der Waals surface area (Å²) in [5.41, 5.74) is 5.33. The molecular weight excluding hydrogens is 422 g/mol. The van der Waals surface area contributed by atoms with Crippen LogP contribution in [-0.4, -0.2) is 23.0 Å². The van der Waals surface area contributed by atoms with E-state index in [0.717, 1.165) is 27.1 Å². The number of nitrogens with zero attached hydrogens (tertiary/aromatic N) is 1. The van der Waals surface area contributed by atoms with E-state index in [-0.39, 0.29) is 11.5 Å². The van der Waals surface area contributed by atoms with Crippen LogP contribution in [0.5, 0.6) is 5.75 Å². The van der Waals surface area contributed by atoms with Crippen LogP contribution in [0.2, 0.25) is 0 Å². The molecule has 4 aromatic rings. The highest BCUT2D eigenvalue weighted by Gasteiger charge is 2.09. The van der Waals surface area contributed by atoms with Crippen molar-refractivity contribution in [3.8, 4) is 5.75 Å². The molecule has 0 saturated carbocycles. The quantitative estimate of drug-likeness (QED) is 0.404. The van der Waals surface area contributed by atoms with Gasteiger partial charge in [-0.2, -0.15) is 0 Å². The van der Waals surface area contributed by atoms with Crippen LogP contribution >= 0.6 is 11.8 Å². The van der Waals surface area contributed by atoms with E-state index < -0.39 is 0 Å². The Balaban J connectivity index is 1.43. The Morgan fingerprint density at radius 1 is 1.06 bits per heavy atom. The third-order valence-corrected chi connectivity index (χ3v) is 6.22. The van der Waals surface area contributed by atoms with Gasteiger partial charge in [0.25, 0.3) is 11.5 Å². The lowest BCUT2D eigenvalue weighted by Crippen LogP contribution is -2.14. The second-order valence-electron chi connectivity index (χ2n) is 7.47. The van der Waals surface area contributed by atoms with Crippen molar-refractivity contribution in [3.05, 3.63) is 93.4 Å². The number of aromatic amines is 1. The van der Waals surface area contributed by atoms with Crippen molar-refractivity contribution < 1.29 is 9.53 Å². The lowest BCUT2D eigenvalue weighted by Gasteiger charge is -2.08. The van der Waals surface area contributed by atoms with Gasteiger partial charge in [-0.05, 0) is 79.6 Å². The second kappa shape index (κ2) is 9.28. The molecule has 0 aliphatic carbocycles. The number of rotatable bonds is 6. The number of anilines is 1. The molecule has 0 atom stereocenters. The Hall–Kier alpha value is -3.58. The minimum atomic E-state index is -0.207. The summed E-state index contributed by atoms with van der Waals surface area (Å²) < 4.78 is 5.17. The first-order chi connectivity index (χ1) is 15.4. The van der Waals surface area contributed by atoms with Crippen LogP contribution in [0.3, 0.4) is 0 Å². The number of methoxy groups -OCH3 is 1. The monoisotopic (exact) mass is 445 g/mol. The Morgan fingerprint density at radius 2 is 1.81 bits per heavy atom. The summed E-state index contributed by atoms with van der Waals surface area (Å²) in [5, 5.41) is 2.88. The number of thioether (sulfide) groups is 1. The standard InChI is InChI=1S/C25H23N3O3S/c1-15-11-21-22(12-16(15)2)28-25(30)23(27-21)14-32-20-9-7-18(8-10-20)26-24(29)17-5-4-6-19(13-17)31-3/h4-13H,14H2,1-3H3,(H,26,29)(H,28,30). The number of hydrogen-bond acceptors (Lipinski definition) is 5. The third kappa shape index (κ3) is 4.84. The van der Waals surface area contributed by atoms with E-state index >= 15 is 0 Å². The summed E-state index contributed by atoms with van der Waals surface area (Å²) >= 11 is 1.52. The molecule has 0 bridgehead atoms. The fraction of sp³-hybridized carbons (Fsp3) is 0.160. The van der Waals surface area contributed by atoms with Crippen LogP contribution in [0, 0.1) is 13.8 Å². The summed E-state index contributed by atoms with van der Waals surface area (Å²) in [6.45, 7) is 4.05. The Bertz CT molecular complexity index is 1350. The van der Waals surface area contributed by atoms with E-state index in [2.05, 4.69) is 15.3 Å². The number of carbonyl (C=O) groups excluding carboxylic acids is 1. The van der Waals surface area contributed by atoms with Crippen molar-refractivity contribution >= 4 is 34.4 Å². The van der Waals surface area contributed by atoms with E-state index in [9.17, 15) is 9.59 Å². The number of ether oxygens (including phenoxy) is 1. The van der Waals surface area contributed by atoms with Gasteiger partial charge >= 0.3 is 0 Å². The summed E-state index contributed by atoms with van der Waals surface area (Å²) in [5.74, 6) is 0.877. The first kappa shape index (κ1) is 21.6. The van der Waals surface area contributed by atoms with Gasteiger partial charge in [0.1, 0.15) is 11.4 Å². The maximum absolute atomic E-state index is 12.4. The number of aryl methyl sites for hydroxylation is 2. The average Bonchev–Trinajstić information content (AvgIpc) is 2.80. The van der Waals surface area contributed by atoms with Crippen LogP contribution in [-0.2, 0) is 5.75 Å². The maximum atomic E-state index is 12.4. The van der Waals surface area contributed by atoms with Crippen LogP contribution in [0.4, 0.5) is 5.69 Å². The van der Waals surface area contributed by atoms with Crippen molar-refractivity contribution in [3.63, 3.8) is 0 Å². The molecule has 0 aliphatic heterocycles. The van der Waals surface area contributed by atoms with Crippen LogP contribution < -0.4 is 15.6 Å². The molecule has 4 rings (SSSR count). The van der Waals surface area contributed by atoms with Crippen molar-refractivity contribution in [1.29, 1.82) is 0 Å². The molecule has 2 N–H and O–H groups in total. The summed E-state index contributed by atoms with van der Waals surface area (Å²) in [6, 6.07) is 18.4. The number of fused-ring (bicyclic) bond motifs is 1. The van der Waals surface area contributed by atoms with Gasteiger partial charge in [-0.3, -0.25) is 9.59 Å². The molecular formula is C25H23N3O3S. The maximum Gasteiger partial charge on any atom is 0.271 e. The lowest BCUT2D eigenvalue weighted by molar-refractivity contribution is 0.102. The van der Waals surface area contributed by atoms with Crippen LogP contribution in [0.25, 0.3) is 11.0 Å². The highest BCUT2D eigenvalue weighted by molar-refractivity contribution is 7.98. The SMILES string of the molecule is COc1cccc(C(=O)Nc2ccc(SCc3nc4cc(C)c(C)cc4[nH]c3=O)cc2)c1. The second-order valence-corrected chi connectivity index (χ2v) is 8.51. The Kier molecular flexibility index (Phi) is 6.28. The van der Waals surface area contributed by atoms with Crippen LogP contribution in [0.15, 0.2) is 70.4 Å². The fourth-order valence-corrected chi connectivity index (χ4v) is 4.06. The van der Waals surface area contributed by atoms with Gasteiger partial charge in [0.2, 0.25) is 0 Å². The Labute approximate surface area is 190 Å². The zero-order valence-corrected chi connectivity index (χ0v) is 18.9. The van der Waals surface area contributed by atoms with Crippen LogP contribution in [0.1, 0.15) is 27.2 Å². The number of carbonyl (C=O) groups is 1. The highest BCUT2D eigenvalue weighted by Crippen LogP contribution is 2.24. The van der Waals surface area contributed by atoms with Crippen molar-refractivity contribution in [2.75, 3.05) is 12.4 Å². The van der Waals surface area contributed by atoms with Crippen molar-refractivity contribution in [2.24, 2.45) is 0 Å². The molecule has 0 aliphatic rings. The minimum absolute atomic E-state index is 0.171. The molecule has 1 heterocycles. The van der Waals surface area contributed by atoms with E-state index in [1.165, 1.54) is 11.8 Å². The zero-order chi connectivity index (χ0) is 22.7. The number of hydrogen-bond donors (Lipinski definition) is 2. The molecule has 0 fully saturated rings. The topological polar surface area (TPSA) is 84.1 Å². The third-order valence-electron chi connectivity index (χ3n) is 5.20. The molecule has 0 spiro atoms. The first-order valence-electron chi connectivity index (χ1n) is 10.1. The normalized spacial score (nSPS) is 10.8. The molecule has 3 aromatic carbocycles. The summed E-state index contributed by atoms with van der Waals surface area (Å²) in [6.07, 6.45) is 0. The number of benzene rings is 3. The molecule has 0 saturated heterocycles. The number of amides is 1. The molecule has 6 nitrogen and oxygen atoms in total. The molecule has 1 aromatic heterocycles.